The maximum absolute atomic E-state index is 10.6. The second-order valence-electron chi connectivity index (χ2n) is 5.77. The lowest BCUT2D eigenvalue weighted by atomic mass is 10.2. The monoisotopic (exact) mass is 333 g/mol. The predicted molar refractivity (Wildman–Crippen MR) is 89.8 cm³/mol. The summed E-state index contributed by atoms with van der Waals surface area (Å²) in [7, 11) is 0. The molecule has 0 amide bonds. The molecule has 7 nitrogen and oxygen atoms in total. The molecular formula is C15H19N5O2S. The summed E-state index contributed by atoms with van der Waals surface area (Å²) in [4.78, 5) is 22.5. The predicted octanol–water partition coefficient (Wildman–Crippen LogP) is 2.75. The highest BCUT2D eigenvalue weighted by Crippen LogP contribution is 2.23. The Morgan fingerprint density at radius 1 is 1.48 bits per heavy atom. The van der Waals surface area contributed by atoms with Gasteiger partial charge in [-0.15, -0.1) is 11.3 Å². The Labute approximate surface area is 138 Å². The van der Waals surface area contributed by atoms with E-state index < -0.39 is 4.92 Å². The number of nitrogens with one attached hydrogen (secondary N) is 1. The molecule has 1 aliphatic heterocycles. The minimum atomic E-state index is -0.437. The van der Waals surface area contributed by atoms with Crippen molar-refractivity contribution >= 4 is 22.8 Å². The van der Waals surface area contributed by atoms with Gasteiger partial charge in [-0.3, -0.25) is 15.0 Å². The molecule has 1 aliphatic rings. The van der Waals surface area contributed by atoms with Crippen molar-refractivity contribution < 1.29 is 4.92 Å². The van der Waals surface area contributed by atoms with Crippen molar-refractivity contribution in [1.29, 1.82) is 0 Å². The summed E-state index contributed by atoms with van der Waals surface area (Å²) in [6.07, 6.45) is 2.33. The molecule has 3 heterocycles. The smallest absolute Gasteiger partial charge is 0.287 e. The van der Waals surface area contributed by atoms with Crippen LogP contribution in [0, 0.1) is 24.0 Å². The summed E-state index contributed by atoms with van der Waals surface area (Å²) in [5.74, 6) is 0.687. The first-order valence-electron chi connectivity index (χ1n) is 7.53. The number of hydrogen-bond acceptors (Lipinski definition) is 7. The van der Waals surface area contributed by atoms with Gasteiger partial charge in [0.15, 0.2) is 0 Å². The Kier molecular flexibility index (Phi) is 4.53. The van der Waals surface area contributed by atoms with Gasteiger partial charge in [0.05, 0.1) is 15.6 Å². The standard InChI is InChI=1S/C15H19N5O2S/c1-10-14(23-11(2)17-10)9-19-6-5-12(8-19)18-15-4-3-13(7-16-15)20(21)22/h3-4,7,12H,5-6,8-9H2,1-2H3,(H,16,18). The van der Waals surface area contributed by atoms with Crippen LogP contribution in [0.15, 0.2) is 18.3 Å². The van der Waals surface area contributed by atoms with Crippen molar-refractivity contribution in [2.45, 2.75) is 32.9 Å². The molecule has 1 fully saturated rings. The van der Waals surface area contributed by atoms with Crippen LogP contribution in [0.2, 0.25) is 0 Å². The fourth-order valence-corrected chi connectivity index (χ4v) is 3.79. The van der Waals surface area contributed by atoms with Crippen molar-refractivity contribution in [2.75, 3.05) is 18.4 Å². The molecule has 0 aromatic carbocycles. The van der Waals surface area contributed by atoms with Gasteiger partial charge in [0.25, 0.3) is 5.69 Å². The van der Waals surface area contributed by atoms with Crippen LogP contribution >= 0.6 is 11.3 Å². The lowest BCUT2D eigenvalue weighted by Crippen LogP contribution is -2.26. The zero-order chi connectivity index (χ0) is 16.4. The summed E-state index contributed by atoms with van der Waals surface area (Å²) in [5.41, 5.74) is 1.14. The number of rotatable bonds is 5. The normalized spacial score (nSPS) is 18.3. The zero-order valence-corrected chi connectivity index (χ0v) is 14.0. The van der Waals surface area contributed by atoms with Crippen LogP contribution in [0.4, 0.5) is 11.5 Å². The zero-order valence-electron chi connectivity index (χ0n) is 13.2. The van der Waals surface area contributed by atoms with Gasteiger partial charge < -0.3 is 5.32 Å². The molecule has 3 rings (SSSR count). The van der Waals surface area contributed by atoms with E-state index in [0.717, 1.165) is 36.8 Å². The fourth-order valence-electron chi connectivity index (χ4n) is 2.81. The number of anilines is 1. The maximum atomic E-state index is 10.6. The van der Waals surface area contributed by atoms with Gasteiger partial charge in [-0.2, -0.15) is 0 Å². The number of hydrogen-bond donors (Lipinski definition) is 1. The molecule has 0 saturated carbocycles. The lowest BCUT2D eigenvalue weighted by Gasteiger charge is -2.16. The topological polar surface area (TPSA) is 84.2 Å². The van der Waals surface area contributed by atoms with Crippen LogP contribution in [0.3, 0.4) is 0 Å². The molecule has 1 saturated heterocycles. The number of thiazole rings is 1. The van der Waals surface area contributed by atoms with Crippen molar-refractivity contribution in [3.63, 3.8) is 0 Å². The van der Waals surface area contributed by atoms with Gasteiger partial charge in [-0.25, -0.2) is 9.97 Å². The molecular weight excluding hydrogens is 314 g/mol. The first-order valence-corrected chi connectivity index (χ1v) is 8.35. The van der Waals surface area contributed by atoms with E-state index in [0.29, 0.717) is 11.9 Å². The van der Waals surface area contributed by atoms with E-state index in [-0.39, 0.29) is 5.69 Å². The molecule has 0 aliphatic carbocycles. The SMILES string of the molecule is Cc1nc(C)c(CN2CCC(Nc3ccc([N+](=O)[O-])cn3)C2)s1. The van der Waals surface area contributed by atoms with Crippen LogP contribution in [0.25, 0.3) is 0 Å². The van der Waals surface area contributed by atoms with E-state index in [4.69, 9.17) is 0 Å². The average molecular weight is 333 g/mol. The Morgan fingerprint density at radius 2 is 2.30 bits per heavy atom. The molecule has 1 unspecified atom stereocenters. The van der Waals surface area contributed by atoms with Gasteiger partial charge in [-0.1, -0.05) is 0 Å². The minimum absolute atomic E-state index is 0.0136. The summed E-state index contributed by atoms with van der Waals surface area (Å²) in [5, 5.41) is 15.1. The highest BCUT2D eigenvalue weighted by atomic mass is 32.1. The lowest BCUT2D eigenvalue weighted by molar-refractivity contribution is -0.385. The number of nitro groups is 1. The van der Waals surface area contributed by atoms with Gasteiger partial charge in [0.1, 0.15) is 12.0 Å². The summed E-state index contributed by atoms with van der Waals surface area (Å²) in [6.45, 7) is 7.00. The summed E-state index contributed by atoms with van der Waals surface area (Å²) < 4.78 is 0. The second kappa shape index (κ2) is 6.59. The molecule has 122 valence electrons. The van der Waals surface area contributed by atoms with E-state index in [2.05, 4.69) is 27.1 Å². The Balaban J connectivity index is 1.55. The van der Waals surface area contributed by atoms with E-state index in [9.17, 15) is 10.1 Å². The molecule has 1 atom stereocenters. The molecule has 1 N–H and O–H groups in total. The number of pyridine rings is 1. The molecule has 2 aromatic rings. The molecule has 0 radical (unpaired) electrons. The molecule has 2 aromatic heterocycles. The van der Waals surface area contributed by atoms with E-state index in [1.165, 1.54) is 17.1 Å². The van der Waals surface area contributed by atoms with Crippen LogP contribution < -0.4 is 5.32 Å². The Bertz CT molecular complexity index is 700. The number of likely N-dealkylation sites (tertiary alicyclic amines) is 1. The summed E-state index contributed by atoms with van der Waals surface area (Å²) >= 11 is 1.76. The third-order valence-electron chi connectivity index (χ3n) is 3.95. The second-order valence-corrected chi connectivity index (χ2v) is 7.05. The van der Waals surface area contributed by atoms with Crippen molar-refractivity contribution in [2.24, 2.45) is 0 Å². The average Bonchev–Trinajstić information content (AvgIpc) is 3.06. The Morgan fingerprint density at radius 3 is 2.91 bits per heavy atom. The fraction of sp³-hybridized carbons (Fsp3) is 0.467. The van der Waals surface area contributed by atoms with Gasteiger partial charge in [-0.05, 0) is 26.3 Å². The molecule has 0 spiro atoms. The first-order chi connectivity index (χ1) is 11.0. The third kappa shape index (κ3) is 3.83. The van der Waals surface area contributed by atoms with Crippen molar-refractivity contribution in [3.05, 3.63) is 44.0 Å². The first kappa shape index (κ1) is 15.8. The molecule has 23 heavy (non-hydrogen) atoms. The number of aryl methyl sites for hydroxylation is 2. The number of nitrogens with zero attached hydrogens (tertiary/aromatic N) is 4. The highest BCUT2D eigenvalue weighted by Gasteiger charge is 2.24. The van der Waals surface area contributed by atoms with Crippen LogP contribution in [-0.4, -0.2) is 38.9 Å². The van der Waals surface area contributed by atoms with Crippen LogP contribution in [0.5, 0.6) is 0 Å². The van der Waals surface area contributed by atoms with E-state index >= 15 is 0 Å². The van der Waals surface area contributed by atoms with Crippen LogP contribution in [-0.2, 0) is 6.54 Å². The summed E-state index contributed by atoms with van der Waals surface area (Å²) in [6, 6.07) is 3.46. The number of aromatic nitrogens is 2. The third-order valence-corrected chi connectivity index (χ3v) is 5.01. The Hall–Kier alpha value is -2.06. The highest BCUT2D eigenvalue weighted by molar-refractivity contribution is 7.11. The molecule has 8 heteroatoms. The van der Waals surface area contributed by atoms with Crippen molar-refractivity contribution in [1.82, 2.24) is 14.9 Å². The molecule has 0 bridgehead atoms. The van der Waals surface area contributed by atoms with Gasteiger partial charge in [0.2, 0.25) is 0 Å². The minimum Gasteiger partial charge on any atom is -0.366 e. The van der Waals surface area contributed by atoms with Crippen molar-refractivity contribution in [3.8, 4) is 0 Å². The van der Waals surface area contributed by atoms with Gasteiger partial charge >= 0.3 is 0 Å². The maximum Gasteiger partial charge on any atom is 0.287 e. The van der Waals surface area contributed by atoms with E-state index in [1.807, 2.05) is 6.92 Å². The van der Waals surface area contributed by atoms with Gasteiger partial charge in [0, 0.05) is 36.6 Å². The van der Waals surface area contributed by atoms with E-state index in [1.54, 1.807) is 17.4 Å². The van der Waals surface area contributed by atoms with Crippen LogP contribution in [0.1, 0.15) is 22.0 Å². The largest absolute Gasteiger partial charge is 0.366 e. The quantitative estimate of drug-likeness (QED) is 0.669.